The molecule has 0 atom stereocenters. The molecule has 0 aliphatic carbocycles. The minimum atomic E-state index is 0.0798. The van der Waals surface area contributed by atoms with Crippen LogP contribution in [0.15, 0.2) is 42.7 Å². The van der Waals surface area contributed by atoms with Crippen LogP contribution in [0.2, 0.25) is 10.0 Å². The Morgan fingerprint density at radius 2 is 1.67 bits per heavy atom. The summed E-state index contributed by atoms with van der Waals surface area (Å²) in [5.41, 5.74) is 1.64. The topological polar surface area (TPSA) is 30.0 Å². The van der Waals surface area contributed by atoms with Crippen LogP contribution in [0.3, 0.4) is 0 Å². The summed E-state index contributed by atoms with van der Waals surface area (Å²) in [6.45, 7) is 0. The van der Waals surface area contributed by atoms with Gasteiger partial charge in [-0.1, -0.05) is 41.4 Å². The fourth-order valence-electron chi connectivity index (χ4n) is 1.68. The number of rotatable bonds is 4. The highest BCUT2D eigenvalue weighted by atomic mass is 35.5. The second-order valence-electron chi connectivity index (χ2n) is 3.95. The van der Waals surface area contributed by atoms with Gasteiger partial charge in [0.2, 0.25) is 0 Å². The molecule has 0 aliphatic rings. The zero-order valence-corrected chi connectivity index (χ0v) is 11.1. The van der Waals surface area contributed by atoms with Crippen molar-refractivity contribution in [2.24, 2.45) is 0 Å². The van der Waals surface area contributed by atoms with E-state index in [0.29, 0.717) is 22.9 Å². The largest absolute Gasteiger partial charge is 0.299 e. The van der Waals surface area contributed by atoms with Gasteiger partial charge in [-0.25, -0.2) is 0 Å². The van der Waals surface area contributed by atoms with Crippen molar-refractivity contribution in [1.82, 2.24) is 4.98 Å². The summed E-state index contributed by atoms with van der Waals surface area (Å²) in [6, 6.07) is 9.11. The average Bonchev–Trinajstić information content (AvgIpc) is 2.35. The molecule has 0 unspecified atom stereocenters. The fraction of sp³-hybridized carbons (Fsp3) is 0.143. The number of benzene rings is 1. The highest BCUT2D eigenvalue weighted by Crippen LogP contribution is 2.18. The van der Waals surface area contributed by atoms with Gasteiger partial charge in [-0.05, 0) is 23.3 Å². The molecule has 0 amide bonds. The number of nitrogens with zero attached hydrogens (tertiary/aromatic N) is 1. The summed E-state index contributed by atoms with van der Waals surface area (Å²) in [7, 11) is 0. The van der Waals surface area contributed by atoms with E-state index in [1.165, 1.54) is 0 Å². The fourth-order valence-corrected chi connectivity index (χ4v) is 2.07. The number of hydrogen-bond acceptors (Lipinski definition) is 2. The third-order valence-corrected chi connectivity index (χ3v) is 3.30. The van der Waals surface area contributed by atoms with E-state index in [2.05, 4.69) is 4.98 Å². The van der Waals surface area contributed by atoms with Crippen LogP contribution < -0.4 is 0 Å². The monoisotopic (exact) mass is 279 g/mol. The molecule has 1 heterocycles. The van der Waals surface area contributed by atoms with Crippen molar-refractivity contribution in [1.29, 1.82) is 0 Å². The summed E-state index contributed by atoms with van der Waals surface area (Å²) in [5, 5.41) is 1.14. The highest BCUT2D eigenvalue weighted by Gasteiger charge is 2.09. The Labute approximate surface area is 116 Å². The van der Waals surface area contributed by atoms with Crippen LogP contribution in [-0.2, 0) is 17.6 Å². The Morgan fingerprint density at radius 1 is 1.00 bits per heavy atom. The Hall–Kier alpha value is -1.38. The Balaban J connectivity index is 2.06. The Morgan fingerprint density at radius 3 is 2.33 bits per heavy atom. The molecule has 1 aromatic carbocycles. The lowest BCUT2D eigenvalue weighted by atomic mass is 10.0. The molecule has 0 spiro atoms. The van der Waals surface area contributed by atoms with Crippen LogP contribution in [0, 0.1) is 0 Å². The first kappa shape index (κ1) is 13.1. The third kappa shape index (κ3) is 3.31. The summed E-state index contributed by atoms with van der Waals surface area (Å²) in [5.74, 6) is 0.0798. The van der Waals surface area contributed by atoms with E-state index in [1.807, 2.05) is 18.2 Å². The first-order valence-electron chi connectivity index (χ1n) is 5.50. The summed E-state index contributed by atoms with van der Waals surface area (Å²) >= 11 is 12.0. The Kier molecular flexibility index (Phi) is 4.34. The molecule has 18 heavy (non-hydrogen) atoms. The molecule has 4 heteroatoms. The van der Waals surface area contributed by atoms with Crippen LogP contribution in [0.5, 0.6) is 0 Å². The number of halogens is 2. The van der Waals surface area contributed by atoms with E-state index < -0.39 is 0 Å². The number of pyridine rings is 1. The third-order valence-electron chi connectivity index (χ3n) is 2.59. The molecule has 2 nitrogen and oxygen atoms in total. The highest BCUT2D eigenvalue weighted by molar-refractivity contribution is 6.32. The van der Waals surface area contributed by atoms with Gasteiger partial charge in [0.05, 0.1) is 5.02 Å². The normalized spacial score (nSPS) is 10.3. The lowest BCUT2D eigenvalue weighted by Gasteiger charge is -2.05. The van der Waals surface area contributed by atoms with Gasteiger partial charge in [0, 0.05) is 30.3 Å². The van der Waals surface area contributed by atoms with Crippen LogP contribution in [0.1, 0.15) is 11.1 Å². The van der Waals surface area contributed by atoms with E-state index in [0.717, 1.165) is 11.1 Å². The lowest BCUT2D eigenvalue weighted by molar-refractivity contribution is -0.117. The van der Waals surface area contributed by atoms with Crippen molar-refractivity contribution in [3.8, 4) is 0 Å². The predicted octanol–water partition coefficient (Wildman–Crippen LogP) is 3.74. The molecular formula is C14H11Cl2NO. The van der Waals surface area contributed by atoms with E-state index >= 15 is 0 Å². The van der Waals surface area contributed by atoms with Crippen LogP contribution in [0.25, 0.3) is 0 Å². The second-order valence-corrected chi connectivity index (χ2v) is 4.77. The van der Waals surface area contributed by atoms with Gasteiger partial charge in [0.25, 0.3) is 0 Å². The van der Waals surface area contributed by atoms with E-state index in [4.69, 9.17) is 23.2 Å². The van der Waals surface area contributed by atoms with Gasteiger partial charge < -0.3 is 0 Å². The molecule has 0 bridgehead atoms. The van der Waals surface area contributed by atoms with E-state index in [9.17, 15) is 4.79 Å². The van der Waals surface area contributed by atoms with Gasteiger partial charge in [0.15, 0.2) is 0 Å². The molecule has 0 radical (unpaired) electrons. The number of ketones is 1. The summed E-state index contributed by atoms with van der Waals surface area (Å²) < 4.78 is 0. The molecule has 2 aromatic rings. The maximum atomic E-state index is 11.9. The summed E-state index contributed by atoms with van der Waals surface area (Å²) in [6.07, 6.45) is 3.79. The van der Waals surface area contributed by atoms with Crippen molar-refractivity contribution in [2.45, 2.75) is 12.8 Å². The van der Waals surface area contributed by atoms with Gasteiger partial charge in [-0.15, -0.1) is 0 Å². The molecular weight excluding hydrogens is 269 g/mol. The van der Waals surface area contributed by atoms with Gasteiger partial charge in [-0.2, -0.15) is 0 Å². The smallest absolute Gasteiger partial charge is 0.141 e. The zero-order valence-electron chi connectivity index (χ0n) is 9.57. The number of carbonyl (C=O) groups excluding carboxylic acids is 1. The molecule has 0 N–H and O–H groups in total. The van der Waals surface area contributed by atoms with Crippen molar-refractivity contribution in [3.05, 3.63) is 63.9 Å². The quantitative estimate of drug-likeness (QED) is 0.853. The van der Waals surface area contributed by atoms with Crippen molar-refractivity contribution >= 4 is 29.0 Å². The van der Waals surface area contributed by atoms with Crippen molar-refractivity contribution < 1.29 is 4.79 Å². The Bertz CT molecular complexity index is 520. The molecule has 2 rings (SSSR count). The molecule has 0 saturated heterocycles. The lowest BCUT2D eigenvalue weighted by Crippen LogP contribution is -2.07. The van der Waals surface area contributed by atoms with E-state index in [-0.39, 0.29) is 5.78 Å². The van der Waals surface area contributed by atoms with Crippen LogP contribution in [0.4, 0.5) is 0 Å². The summed E-state index contributed by atoms with van der Waals surface area (Å²) in [4.78, 5) is 15.8. The standard InChI is InChI=1S/C14H11Cl2NO/c15-13-4-2-1-3-10(13)7-12(18)8-11-5-6-17-9-14(11)16/h1-6,9H,7-8H2. The maximum absolute atomic E-state index is 11.9. The number of Topliss-reactive ketones (excluding diaryl/α,β-unsaturated/α-hetero) is 1. The van der Waals surface area contributed by atoms with Gasteiger partial charge >= 0.3 is 0 Å². The van der Waals surface area contributed by atoms with Gasteiger partial charge in [0.1, 0.15) is 5.78 Å². The molecule has 1 aromatic heterocycles. The van der Waals surface area contributed by atoms with Crippen molar-refractivity contribution in [2.75, 3.05) is 0 Å². The maximum Gasteiger partial charge on any atom is 0.141 e. The molecule has 0 fully saturated rings. The molecule has 0 aliphatic heterocycles. The van der Waals surface area contributed by atoms with E-state index in [1.54, 1.807) is 24.5 Å². The molecule has 92 valence electrons. The van der Waals surface area contributed by atoms with Crippen LogP contribution in [-0.4, -0.2) is 10.8 Å². The number of carbonyl (C=O) groups is 1. The predicted molar refractivity (Wildman–Crippen MR) is 73.1 cm³/mol. The minimum Gasteiger partial charge on any atom is -0.299 e. The second kappa shape index (κ2) is 5.98. The first-order chi connectivity index (χ1) is 8.66. The van der Waals surface area contributed by atoms with Gasteiger partial charge in [-0.3, -0.25) is 9.78 Å². The average molecular weight is 280 g/mol. The van der Waals surface area contributed by atoms with Crippen LogP contribution >= 0.6 is 23.2 Å². The first-order valence-corrected chi connectivity index (χ1v) is 6.26. The number of hydrogen-bond donors (Lipinski definition) is 0. The zero-order chi connectivity index (χ0) is 13.0. The van der Waals surface area contributed by atoms with Crippen molar-refractivity contribution in [3.63, 3.8) is 0 Å². The SMILES string of the molecule is O=C(Cc1ccccc1Cl)Cc1ccncc1Cl. The minimum absolute atomic E-state index is 0.0798. The number of aromatic nitrogens is 1. The molecule has 0 saturated carbocycles.